The third-order valence-electron chi connectivity index (χ3n) is 2.77. The van der Waals surface area contributed by atoms with Crippen LogP contribution in [-0.2, 0) is 4.79 Å². The molecule has 2 N–H and O–H groups in total. The van der Waals surface area contributed by atoms with Crippen LogP contribution in [-0.4, -0.2) is 47.3 Å². The van der Waals surface area contributed by atoms with Gasteiger partial charge in [-0.2, -0.15) is 13.2 Å². The first-order valence-corrected chi connectivity index (χ1v) is 6.85. The van der Waals surface area contributed by atoms with Gasteiger partial charge in [0.1, 0.15) is 13.1 Å². The summed E-state index contributed by atoms with van der Waals surface area (Å²) < 4.78 is 37.0. The van der Waals surface area contributed by atoms with Gasteiger partial charge in [0.25, 0.3) is 0 Å². The molecule has 8 heteroatoms. The lowest BCUT2D eigenvalue weighted by Gasteiger charge is -2.24. The van der Waals surface area contributed by atoms with E-state index in [0.29, 0.717) is 12.3 Å². The summed E-state index contributed by atoms with van der Waals surface area (Å²) in [5.74, 6) is -0.969. The maximum atomic E-state index is 12.3. The Balaban J connectivity index is 4.41. The first kappa shape index (κ1) is 19.5. The lowest BCUT2D eigenvalue weighted by Crippen LogP contribution is -2.49. The molecule has 0 aliphatic rings. The van der Waals surface area contributed by atoms with Crippen LogP contribution in [0.1, 0.15) is 40.0 Å². The molecule has 0 radical (unpaired) electrons. The molecule has 0 saturated carbocycles. The van der Waals surface area contributed by atoms with Gasteiger partial charge in [0.05, 0.1) is 0 Å². The van der Waals surface area contributed by atoms with Crippen LogP contribution >= 0.6 is 0 Å². The molecule has 0 aliphatic heterocycles. The lowest BCUT2D eigenvalue weighted by atomic mass is 10.0. The van der Waals surface area contributed by atoms with Gasteiger partial charge >= 0.3 is 18.2 Å². The predicted molar refractivity (Wildman–Crippen MR) is 71.9 cm³/mol. The van der Waals surface area contributed by atoms with E-state index in [1.165, 1.54) is 0 Å². The molecule has 0 rings (SSSR count). The van der Waals surface area contributed by atoms with Crippen molar-refractivity contribution < 1.29 is 27.9 Å². The minimum atomic E-state index is -4.63. The number of alkyl halides is 3. The second kappa shape index (κ2) is 8.74. The van der Waals surface area contributed by atoms with E-state index < -0.39 is 31.3 Å². The summed E-state index contributed by atoms with van der Waals surface area (Å²) in [4.78, 5) is 22.5. The number of hydrogen-bond donors (Lipinski definition) is 2. The van der Waals surface area contributed by atoms with Crippen LogP contribution in [0.4, 0.5) is 18.0 Å². The number of carboxylic acid groups (broad SMARTS) is 1. The fourth-order valence-corrected chi connectivity index (χ4v) is 1.79. The van der Waals surface area contributed by atoms with E-state index in [-0.39, 0.29) is 10.9 Å². The van der Waals surface area contributed by atoms with Gasteiger partial charge in [0.2, 0.25) is 0 Å². The largest absolute Gasteiger partial charge is 0.480 e. The second-order valence-corrected chi connectivity index (χ2v) is 5.54. The van der Waals surface area contributed by atoms with Gasteiger partial charge in [-0.25, -0.2) is 4.79 Å². The number of carboxylic acids is 1. The highest BCUT2D eigenvalue weighted by Gasteiger charge is 2.34. The van der Waals surface area contributed by atoms with Gasteiger partial charge in [-0.15, -0.1) is 0 Å². The molecule has 0 fully saturated rings. The fourth-order valence-electron chi connectivity index (χ4n) is 1.79. The average Bonchev–Trinajstić information content (AvgIpc) is 2.24. The highest BCUT2D eigenvalue weighted by atomic mass is 19.4. The summed E-state index contributed by atoms with van der Waals surface area (Å²) in [6.45, 7) is 3.24. The van der Waals surface area contributed by atoms with Gasteiger partial charge in [0, 0.05) is 6.04 Å². The topological polar surface area (TPSA) is 69.6 Å². The van der Waals surface area contributed by atoms with Crippen molar-refractivity contribution in [2.45, 2.75) is 52.3 Å². The number of hydrogen-bond acceptors (Lipinski definition) is 2. The van der Waals surface area contributed by atoms with Crippen molar-refractivity contribution in [1.29, 1.82) is 0 Å². The second-order valence-electron chi connectivity index (χ2n) is 5.54. The van der Waals surface area contributed by atoms with Gasteiger partial charge in [-0.05, 0) is 19.3 Å². The molecule has 2 amide bonds. The molecule has 5 nitrogen and oxygen atoms in total. The number of carbonyl (C=O) groups is 2. The van der Waals surface area contributed by atoms with Crippen molar-refractivity contribution in [3.05, 3.63) is 0 Å². The normalized spacial score (nSPS) is 13.1. The quantitative estimate of drug-likeness (QED) is 0.724. The van der Waals surface area contributed by atoms with Crippen LogP contribution in [0.3, 0.4) is 0 Å². The molecule has 0 heterocycles. The van der Waals surface area contributed by atoms with Crippen LogP contribution in [0, 0.1) is 5.92 Å². The summed E-state index contributed by atoms with van der Waals surface area (Å²) in [6, 6.07) is -1.31. The van der Waals surface area contributed by atoms with Crippen molar-refractivity contribution >= 4 is 12.0 Å². The minimum absolute atomic E-state index is 0.251. The maximum absolute atomic E-state index is 12.3. The van der Waals surface area contributed by atoms with Gasteiger partial charge < -0.3 is 15.3 Å². The van der Waals surface area contributed by atoms with Crippen LogP contribution < -0.4 is 5.32 Å². The van der Waals surface area contributed by atoms with E-state index in [2.05, 4.69) is 19.2 Å². The number of amides is 2. The van der Waals surface area contributed by atoms with Crippen LogP contribution in [0.25, 0.3) is 0 Å². The Morgan fingerprint density at radius 3 is 2.19 bits per heavy atom. The Kier molecular flexibility index (Phi) is 8.12. The number of rotatable bonds is 8. The number of aliphatic carboxylic acids is 1. The molecule has 124 valence electrons. The standard InChI is InChI=1S/C13H23F3N2O3/c1-9(2)5-4-6-10(3)17-12(21)18(7-11(19)20)8-13(14,15)16/h9-10H,4-8H2,1-3H3,(H,17,21)(H,19,20). The molecule has 1 atom stereocenters. The van der Waals surface area contributed by atoms with E-state index in [1.807, 2.05) is 0 Å². The zero-order valence-corrected chi connectivity index (χ0v) is 12.5. The number of nitrogens with one attached hydrogen (secondary N) is 1. The molecule has 21 heavy (non-hydrogen) atoms. The molecular formula is C13H23F3N2O3. The summed E-state index contributed by atoms with van der Waals surface area (Å²) in [5, 5.41) is 11.0. The van der Waals surface area contributed by atoms with E-state index in [1.54, 1.807) is 6.92 Å². The molecule has 0 aromatic carbocycles. The summed E-state index contributed by atoms with van der Waals surface area (Å²) >= 11 is 0. The third kappa shape index (κ3) is 10.9. The van der Waals surface area contributed by atoms with Crippen molar-refractivity contribution in [1.82, 2.24) is 10.2 Å². The molecular weight excluding hydrogens is 289 g/mol. The van der Waals surface area contributed by atoms with E-state index in [4.69, 9.17) is 5.11 Å². The SMILES string of the molecule is CC(C)CCCC(C)NC(=O)N(CC(=O)O)CC(F)(F)F. The maximum Gasteiger partial charge on any atom is 0.406 e. The third-order valence-corrected chi connectivity index (χ3v) is 2.77. The van der Waals surface area contributed by atoms with E-state index >= 15 is 0 Å². The van der Waals surface area contributed by atoms with Crippen LogP contribution in [0.2, 0.25) is 0 Å². The number of urea groups is 1. The zero-order chi connectivity index (χ0) is 16.6. The Morgan fingerprint density at radius 1 is 1.19 bits per heavy atom. The Labute approximate surface area is 122 Å². The molecule has 0 spiro atoms. The monoisotopic (exact) mass is 312 g/mol. The molecule has 0 aromatic heterocycles. The van der Waals surface area contributed by atoms with Crippen LogP contribution in [0.15, 0.2) is 0 Å². The van der Waals surface area contributed by atoms with Gasteiger partial charge in [-0.1, -0.05) is 26.7 Å². The summed E-state index contributed by atoms with van der Waals surface area (Å²) in [5.41, 5.74) is 0. The number of halogens is 3. The van der Waals surface area contributed by atoms with Crippen molar-refractivity contribution in [3.8, 4) is 0 Å². The summed E-state index contributed by atoms with van der Waals surface area (Å²) in [6.07, 6.45) is -2.19. The molecule has 1 unspecified atom stereocenters. The molecule has 0 bridgehead atoms. The minimum Gasteiger partial charge on any atom is -0.480 e. The number of carbonyl (C=O) groups excluding carboxylic acids is 1. The van der Waals surface area contributed by atoms with Crippen molar-refractivity contribution in [2.75, 3.05) is 13.1 Å². The summed E-state index contributed by atoms with van der Waals surface area (Å²) in [7, 11) is 0. The van der Waals surface area contributed by atoms with Gasteiger partial charge in [0.15, 0.2) is 0 Å². The lowest BCUT2D eigenvalue weighted by molar-refractivity contribution is -0.149. The molecule has 0 aromatic rings. The Hall–Kier alpha value is -1.47. The van der Waals surface area contributed by atoms with Crippen molar-refractivity contribution in [3.63, 3.8) is 0 Å². The molecule has 0 aliphatic carbocycles. The Morgan fingerprint density at radius 2 is 1.76 bits per heavy atom. The zero-order valence-electron chi connectivity index (χ0n) is 12.5. The highest BCUT2D eigenvalue weighted by Crippen LogP contribution is 2.16. The van der Waals surface area contributed by atoms with Gasteiger partial charge in [-0.3, -0.25) is 4.79 Å². The molecule has 0 saturated heterocycles. The Bertz CT molecular complexity index is 346. The van der Waals surface area contributed by atoms with Crippen molar-refractivity contribution in [2.24, 2.45) is 5.92 Å². The smallest absolute Gasteiger partial charge is 0.406 e. The highest BCUT2D eigenvalue weighted by molar-refractivity contribution is 5.80. The van der Waals surface area contributed by atoms with E-state index in [9.17, 15) is 22.8 Å². The first-order chi connectivity index (χ1) is 9.51. The first-order valence-electron chi connectivity index (χ1n) is 6.85. The van der Waals surface area contributed by atoms with Crippen LogP contribution in [0.5, 0.6) is 0 Å². The average molecular weight is 312 g/mol. The van der Waals surface area contributed by atoms with E-state index in [0.717, 1.165) is 12.8 Å². The number of nitrogens with zero attached hydrogens (tertiary/aromatic N) is 1. The predicted octanol–water partition coefficient (Wildman–Crippen LogP) is 2.86. The fraction of sp³-hybridized carbons (Fsp3) is 0.846.